The van der Waals surface area contributed by atoms with Gasteiger partial charge in [-0.2, -0.15) is 11.3 Å². The van der Waals surface area contributed by atoms with Crippen LogP contribution in [0.15, 0.2) is 53.4 Å². The maximum Gasteiger partial charge on any atom is 0.244 e. The van der Waals surface area contributed by atoms with Crippen LogP contribution in [0.2, 0.25) is 0 Å². The molecule has 0 saturated carbocycles. The Labute approximate surface area is 213 Å². The van der Waals surface area contributed by atoms with Gasteiger partial charge in [0.15, 0.2) is 0 Å². The number of amides is 3. The molecule has 8 heteroatoms. The lowest BCUT2D eigenvalue weighted by atomic mass is 9.79. The monoisotopic (exact) mass is 500 g/mol. The minimum absolute atomic E-state index is 0.00521. The molecule has 2 N–H and O–H groups in total. The van der Waals surface area contributed by atoms with Crippen molar-refractivity contribution in [2.24, 2.45) is 5.41 Å². The van der Waals surface area contributed by atoms with Gasteiger partial charge < -0.3 is 15.5 Å². The third-order valence-corrected chi connectivity index (χ3v) is 8.67. The number of hydrogen-bond donors (Lipinski definition) is 2. The number of benzene rings is 1. The van der Waals surface area contributed by atoms with E-state index in [1.807, 2.05) is 55.6 Å². The Balaban J connectivity index is 1.20. The Kier molecular flexibility index (Phi) is 5.26. The van der Waals surface area contributed by atoms with Gasteiger partial charge >= 0.3 is 0 Å². The van der Waals surface area contributed by atoms with Gasteiger partial charge in [0.2, 0.25) is 17.7 Å². The van der Waals surface area contributed by atoms with Crippen LogP contribution >= 0.6 is 11.3 Å². The first-order valence-corrected chi connectivity index (χ1v) is 13.2. The van der Waals surface area contributed by atoms with Crippen LogP contribution in [0.5, 0.6) is 0 Å². The zero-order valence-corrected chi connectivity index (χ0v) is 21.2. The minimum Gasteiger partial charge on any atom is -0.326 e. The van der Waals surface area contributed by atoms with Gasteiger partial charge in [-0.3, -0.25) is 14.4 Å². The van der Waals surface area contributed by atoms with Gasteiger partial charge in [0.1, 0.15) is 12.4 Å². The van der Waals surface area contributed by atoms with E-state index in [0.29, 0.717) is 24.3 Å². The maximum absolute atomic E-state index is 13.3. The number of nitrogens with one attached hydrogen (secondary N) is 2. The van der Waals surface area contributed by atoms with Crippen LogP contribution in [0.4, 0.5) is 11.5 Å². The number of likely N-dealkylation sites (tertiary alicyclic amines) is 1. The topological polar surface area (TPSA) is 91.4 Å². The third-order valence-electron chi connectivity index (χ3n) is 7.97. The molecule has 1 fully saturated rings. The zero-order chi connectivity index (χ0) is 25.1. The summed E-state index contributed by atoms with van der Waals surface area (Å²) in [5.74, 6) is 0.402. The standard InChI is InChI=1S/C28H28N4O3S/c1-27(2)9-7-22(18-8-11-36-16-18)32(26(27)35)15-23(33)30-20-6-5-17-13-28(14-19(17)12-20)21-4-3-10-29-24(21)31-25(28)34/h3-6,8,10-12,16,22H,7,9,13-15H2,1-2H3,(H,30,33)(H,29,31,34)/t22-,28?/m0/s1. The Morgan fingerprint density at radius 2 is 2.03 bits per heavy atom. The van der Waals surface area contributed by atoms with Crippen LogP contribution < -0.4 is 10.6 Å². The fraction of sp³-hybridized carbons (Fsp3) is 0.357. The lowest BCUT2D eigenvalue weighted by Crippen LogP contribution is -2.50. The second-order valence-corrected chi connectivity index (χ2v) is 11.5. The number of fused-ring (bicyclic) bond motifs is 3. The summed E-state index contributed by atoms with van der Waals surface area (Å²) in [5.41, 5.74) is 3.72. The highest BCUT2D eigenvalue weighted by molar-refractivity contribution is 7.08. The first-order chi connectivity index (χ1) is 17.3. The van der Waals surface area contributed by atoms with E-state index in [1.165, 1.54) is 0 Å². The van der Waals surface area contributed by atoms with E-state index in [2.05, 4.69) is 21.0 Å². The van der Waals surface area contributed by atoms with E-state index < -0.39 is 10.8 Å². The van der Waals surface area contributed by atoms with Gasteiger partial charge in [0.25, 0.3) is 0 Å². The van der Waals surface area contributed by atoms with Crippen molar-refractivity contribution >= 4 is 40.6 Å². The van der Waals surface area contributed by atoms with Gasteiger partial charge in [-0.05, 0) is 77.4 Å². The number of thiophene rings is 1. The molecule has 3 aromatic rings. The maximum atomic E-state index is 13.3. The smallest absolute Gasteiger partial charge is 0.244 e. The van der Waals surface area contributed by atoms with Crippen molar-refractivity contribution in [3.05, 3.63) is 75.6 Å². The van der Waals surface area contributed by atoms with E-state index in [9.17, 15) is 14.4 Å². The number of rotatable bonds is 4. The number of carbonyl (C=O) groups is 3. The van der Waals surface area contributed by atoms with Crippen molar-refractivity contribution in [2.75, 3.05) is 17.2 Å². The summed E-state index contributed by atoms with van der Waals surface area (Å²) >= 11 is 1.60. The molecular weight excluding hydrogens is 472 g/mol. The molecule has 2 aliphatic heterocycles. The predicted octanol–water partition coefficient (Wildman–Crippen LogP) is 4.46. The van der Waals surface area contributed by atoms with Gasteiger partial charge in [-0.15, -0.1) is 0 Å². The molecule has 3 amide bonds. The summed E-state index contributed by atoms with van der Waals surface area (Å²) in [5, 5.41) is 9.99. The van der Waals surface area contributed by atoms with Crippen LogP contribution in [0.3, 0.4) is 0 Å². The van der Waals surface area contributed by atoms with Crippen molar-refractivity contribution in [3.8, 4) is 0 Å². The second-order valence-electron chi connectivity index (χ2n) is 10.7. The number of hydrogen-bond acceptors (Lipinski definition) is 5. The Morgan fingerprint density at radius 1 is 1.19 bits per heavy atom. The molecule has 1 spiro atoms. The third kappa shape index (κ3) is 3.63. The van der Waals surface area contributed by atoms with E-state index in [0.717, 1.165) is 35.1 Å². The molecule has 6 rings (SSSR count). The average molecular weight is 501 g/mol. The molecule has 3 aliphatic rings. The molecule has 1 unspecified atom stereocenters. The van der Waals surface area contributed by atoms with Crippen LogP contribution in [0.1, 0.15) is 55.0 Å². The number of nitrogens with zero attached hydrogens (tertiary/aromatic N) is 2. The minimum atomic E-state index is -0.645. The quantitative estimate of drug-likeness (QED) is 0.553. The van der Waals surface area contributed by atoms with Gasteiger partial charge in [0, 0.05) is 22.9 Å². The summed E-state index contributed by atoms with van der Waals surface area (Å²) in [7, 11) is 0. The Morgan fingerprint density at radius 3 is 2.83 bits per heavy atom. The van der Waals surface area contributed by atoms with Crippen molar-refractivity contribution in [1.82, 2.24) is 9.88 Å². The lowest BCUT2D eigenvalue weighted by molar-refractivity contribution is -0.150. The Bertz CT molecular complexity index is 1380. The summed E-state index contributed by atoms with van der Waals surface area (Å²) in [4.78, 5) is 45.4. The molecule has 2 atom stereocenters. The van der Waals surface area contributed by atoms with Crippen molar-refractivity contribution < 1.29 is 14.4 Å². The largest absolute Gasteiger partial charge is 0.326 e. The first kappa shape index (κ1) is 22.9. The number of piperidine rings is 1. The van der Waals surface area contributed by atoms with E-state index in [4.69, 9.17) is 0 Å². The van der Waals surface area contributed by atoms with E-state index in [1.54, 1.807) is 22.4 Å². The number of carbonyl (C=O) groups excluding carboxylic acids is 3. The van der Waals surface area contributed by atoms with Crippen molar-refractivity contribution in [3.63, 3.8) is 0 Å². The van der Waals surface area contributed by atoms with Gasteiger partial charge in [0.05, 0.1) is 11.5 Å². The average Bonchev–Trinajstić information content (AvgIpc) is 3.56. The lowest BCUT2D eigenvalue weighted by Gasteiger charge is -2.42. The fourth-order valence-corrected chi connectivity index (χ4v) is 6.69. The highest BCUT2D eigenvalue weighted by atomic mass is 32.1. The highest BCUT2D eigenvalue weighted by Gasteiger charge is 2.51. The first-order valence-electron chi connectivity index (χ1n) is 12.3. The molecular formula is C28H28N4O3S. The van der Waals surface area contributed by atoms with E-state index >= 15 is 0 Å². The predicted molar refractivity (Wildman–Crippen MR) is 139 cm³/mol. The second kappa shape index (κ2) is 8.27. The zero-order valence-electron chi connectivity index (χ0n) is 20.3. The summed E-state index contributed by atoms with van der Waals surface area (Å²) in [6.45, 7) is 3.91. The fourth-order valence-electron chi connectivity index (χ4n) is 5.98. The molecule has 1 saturated heterocycles. The molecule has 1 aliphatic carbocycles. The molecule has 0 bridgehead atoms. The van der Waals surface area contributed by atoms with Gasteiger partial charge in [-0.1, -0.05) is 26.0 Å². The molecule has 184 valence electrons. The van der Waals surface area contributed by atoms with Crippen LogP contribution in [-0.4, -0.2) is 34.2 Å². The van der Waals surface area contributed by atoms with Crippen LogP contribution in [0.25, 0.3) is 0 Å². The SMILES string of the molecule is CC1(C)CC[C@@H](c2ccsc2)N(CC(=O)Nc2ccc3c(c2)CC2(C3)C(=O)Nc3ncccc32)C1=O. The number of anilines is 2. The molecule has 4 heterocycles. The molecule has 7 nitrogen and oxygen atoms in total. The molecule has 1 aromatic carbocycles. The molecule has 2 aromatic heterocycles. The van der Waals surface area contributed by atoms with Crippen molar-refractivity contribution in [1.29, 1.82) is 0 Å². The summed E-state index contributed by atoms with van der Waals surface area (Å²) < 4.78 is 0. The Hall–Kier alpha value is -3.52. The molecule has 0 radical (unpaired) electrons. The highest BCUT2D eigenvalue weighted by Crippen LogP contribution is 2.47. The van der Waals surface area contributed by atoms with Crippen LogP contribution in [0, 0.1) is 5.41 Å². The molecule has 36 heavy (non-hydrogen) atoms. The van der Waals surface area contributed by atoms with Gasteiger partial charge in [-0.25, -0.2) is 4.98 Å². The number of aromatic nitrogens is 1. The van der Waals surface area contributed by atoms with Crippen LogP contribution in [-0.2, 0) is 32.6 Å². The summed E-state index contributed by atoms with van der Waals surface area (Å²) in [6.07, 6.45) is 4.49. The normalized spacial score (nSPS) is 23.9. The van der Waals surface area contributed by atoms with Crippen molar-refractivity contribution in [2.45, 2.75) is 51.0 Å². The van der Waals surface area contributed by atoms with E-state index in [-0.39, 0.29) is 30.3 Å². The summed E-state index contributed by atoms with van der Waals surface area (Å²) in [6, 6.07) is 11.6. The number of pyridine rings is 1.